The van der Waals surface area contributed by atoms with Crippen molar-refractivity contribution in [3.8, 4) is 90.3 Å². The third-order valence-electron chi connectivity index (χ3n) is 24.4. The van der Waals surface area contributed by atoms with Crippen molar-refractivity contribution in [2.45, 2.75) is 62.4 Å². The van der Waals surface area contributed by atoms with Gasteiger partial charge in [0.25, 0.3) is 0 Å². The van der Waals surface area contributed by atoms with Crippen molar-refractivity contribution in [3.63, 3.8) is 0 Å². The molecule has 4 aliphatic rings. The van der Waals surface area contributed by atoms with E-state index in [0.717, 1.165) is 90.5 Å². The van der Waals surface area contributed by atoms with Crippen LogP contribution in [0.3, 0.4) is 0 Å². The lowest BCUT2D eigenvalue weighted by Gasteiger charge is -2.43. The second-order valence-corrected chi connectivity index (χ2v) is 30.5. The van der Waals surface area contributed by atoms with Crippen molar-refractivity contribution in [2.24, 2.45) is 11.8 Å². The van der Waals surface area contributed by atoms with Gasteiger partial charge in [-0.15, -0.1) is 0 Å². The average molecular weight is 1440 g/mol. The zero-order chi connectivity index (χ0) is 74.0. The first-order chi connectivity index (χ1) is 55.5. The molecule has 14 aromatic carbocycles. The van der Waals surface area contributed by atoms with E-state index in [0.29, 0.717) is 47.4 Å². The van der Waals surface area contributed by atoms with Crippen LogP contribution >= 0.6 is 0 Å². The van der Waals surface area contributed by atoms with Crippen LogP contribution in [0.4, 0.5) is 23.0 Å². The Morgan fingerprint density at radius 3 is 1.07 bits per heavy atom. The monoisotopic (exact) mass is 1440 g/mol. The minimum atomic E-state index is 0.358. The van der Waals surface area contributed by atoms with E-state index in [9.17, 15) is 0 Å². The van der Waals surface area contributed by atoms with Gasteiger partial charge in [0.05, 0.1) is 33.5 Å². The van der Waals surface area contributed by atoms with Crippen LogP contribution in [0.2, 0.25) is 0 Å². The number of hydrogen-bond donors (Lipinski definition) is 0. The molecule has 2 aliphatic carbocycles. The second-order valence-electron chi connectivity index (χ2n) is 30.5. The topological polar surface area (TPSA) is 80.8 Å². The number of nitrogens with zero attached hydrogens (tertiary/aromatic N) is 9. The standard InChI is InChI=1S/C52H46N4.C51H33N5/c1-4-14-35(15-5-1)36-24-28-41(29-25-36)55-48-22-12-10-20-42(48)44-32-39(26-30-50(44)55)40-27-31-51-45(33-40)43-21-11-13-23-49(43)56(51)52-53-46(37-16-6-2-7-17-37)34-47(54-52)38-18-8-3-9-19-38;1-4-14-34(15-5-1)35-24-28-40(29-25-35)55-45-22-12-10-20-41(45)43-32-38(26-30-47(43)55)39-27-31-48-44(33-39)42-21-11-13-23-46(42)56(48)51-53-49(36-16-6-2-7-17-36)52-50(54-51)37-18-8-3-9-19-37/h1-25,28-29,34,39-40,44-45,50-51H,26-27,30-33H2;1-33H. The third kappa shape index (κ3) is 12.0. The molecule has 0 bridgehead atoms. The fourth-order valence-corrected chi connectivity index (χ4v) is 19.1. The van der Waals surface area contributed by atoms with E-state index in [-0.39, 0.29) is 0 Å². The van der Waals surface area contributed by atoms with Gasteiger partial charge in [-0.25, -0.2) is 15.0 Å². The summed E-state index contributed by atoms with van der Waals surface area (Å²) in [5.74, 6) is 5.17. The minimum absolute atomic E-state index is 0.358. The molecule has 2 fully saturated rings. The van der Waals surface area contributed by atoms with Crippen molar-refractivity contribution < 1.29 is 0 Å². The summed E-state index contributed by atoms with van der Waals surface area (Å²) in [6.07, 6.45) is 7.45. The van der Waals surface area contributed by atoms with E-state index in [2.05, 4.69) is 328 Å². The molecular formula is C103H79N9. The average Bonchev–Trinajstić information content (AvgIpc) is 1.59. The van der Waals surface area contributed by atoms with E-state index < -0.39 is 0 Å². The fraction of sp³-hybridized carbons (Fsp3) is 0.117. The SMILES string of the molecule is c1ccc(-c2ccc(-n3c4ccccc4c4cc(-c5ccc6c(c5)c5ccccc5n6-c5nc(-c6ccccc6)nc(-c6ccccc6)n5)ccc43)cc2)cc1.c1ccc(-c2ccc(N3c4ccccc4C4CC(C5CCC6C(C5)c5ccccc5N6c5nc(-c6ccccc6)cc(-c6ccccc6)n5)CCC43)cc2)cc1. The highest BCUT2D eigenvalue weighted by Gasteiger charge is 2.49. The maximum absolute atomic E-state index is 5.33. The van der Waals surface area contributed by atoms with Gasteiger partial charge < -0.3 is 14.4 Å². The summed E-state index contributed by atoms with van der Waals surface area (Å²) in [6, 6.07) is 133. The normalized spacial score (nSPS) is 17.6. The highest BCUT2D eigenvalue weighted by Crippen LogP contribution is 2.58. The lowest BCUT2D eigenvalue weighted by molar-refractivity contribution is 0.159. The number of hydrogen-bond acceptors (Lipinski definition) is 7. The lowest BCUT2D eigenvalue weighted by Crippen LogP contribution is -2.40. The zero-order valence-electron chi connectivity index (χ0n) is 62.0. The molecule has 22 rings (SSSR count). The predicted octanol–water partition coefficient (Wildman–Crippen LogP) is 25.7. The second kappa shape index (κ2) is 28.4. The van der Waals surface area contributed by atoms with Gasteiger partial charge in [0.2, 0.25) is 11.9 Å². The van der Waals surface area contributed by atoms with Crippen LogP contribution in [0.5, 0.6) is 0 Å². The highest BCUT2D eigenvalue weighted by molar-refractivity contribution is 6.13. The molecule has 6 heterocycles. The summed E-state index contributed by atoms with van der Waals surface area (Å²) in [6.45, 7) is 0. The third-order valence-corrected chi connectivity index (χ3v) is 24.4. The molecule has 0 amide bonds. The molecule has 0 spiro atoms. The molecule has 9 nitrogen and oxygen atoms in total. The summed E-state index contributed by atoms with van der Waals surface area (Å²) >= 11 is 0. The molecule has 2 aliphatic heterocycles. The largest absolute Gasteiger partial charge is 0.338 e. The molecule has 0 radical (unpaired) electrons. The molecule has 9 heteroatoms. The van der Waals surface area contributed by atoms with Crippen molar-refractivity contribution in [3.05, 3.63) is 381 Å². The van der Waals surface area contributed by atoms with E-state index in [4.69, 9.17) is 24.9 Å². The van der Waals surface area contributed by atoms with Gasteiger partial charge in [-0.05, 0) is 174 Å². The van der Waals surface area contributed by atoms with Crippen molar-refractivity contribution in [1.29, 1.82) is 0 Å². The summed E-state index contributed by atoms with van der Waals surface area (Å²) in [7, 11) is 0. The Hall–Kier alpha value is -13.6. The van der Waals surface area contributed by atoms with Crippen molar-refractivity contribution >= 4 is 66.6 Å². The van der Waals surface area contributed by atoms with Gasteiger partial charge in [0.15, 0.2) is 11.6 Å². The van der Waals surface area contributed by atoms with Gasteiger partial charge in [0.1, 0.15) is 0 Å². The summed E-state index contributed by atoms with van der Waals surface area (Å²) in [5.41, 5.74) is 26.0. The summed E-state index contributed by atoms with van der Waals surface area (Å²) in [5, 5.41) is 4.73. The maximum atomic E-state index is 5.33. The first-order valence-corrected chi connectivity index (χ1v) is 39.6. The molecule has 18 aromatic rings. The Balaban J connectivity index is 0.000000141. The first-order valence-electron chi connectivity index (χ1n) is 39.6. The van der Waals surface area contributed by atoms with E-state index in [1.54, 1.807) is 5.56 Å². The smallest absolute Gasteiger partial charge is 0.238 e. The van der Waals surface area contributed by atoms with Crippen molar-refractivity contribution in [2.75, 3.05) is 9.80 Å². The number of fused-ring (bicyclic) bond motifs is 12. The van der Waals surface area contributed by atoms with Crippen LogP contribution in [-0.2, 0) is 0 Å². The van der Waals surface area contributed by atoms with Crippen LogP contribution in [-0.4, -0.2) is 46.1 Å². The Labute approximate surface area is 652 Å². The number of benzene rings is 14. The number of rotatable bonds is 12. The van der Waals surface area contributed by atoms with Gasteiger partial charge in [-0.3, -0.25) is 4.57 Å². The Morgan fingerprint density at radius 1 is 0.232 bits per heavy atom. The maximum Gasteiger partial charge on any atom is 0.238 e. The number of anilines is 4. The molecular weight excluding hydrogens is 1360 g/mol. The molecule has 0 N–H and O–H groups in total. The molecule has 0 saturated heterocycles. The van der Waals surface area contributed by atoms with Gasteiger partial charge in [-0.2, -0.15) is 9.97 Å². The molecule has 2 saturated carbocycles. The summed E-state index contributed by atoms with van der Waals surface area (Å²) < 4.78 is 4.55. The van der Waals surface area contributed by atoms with Crippen LogP contribution < -0.4 is 9.80 Å². The van der Waals surface area contributed by atoms with Crippen LogP contribution in [0.25, 0.3) is 134 Å². The predicted molar refractivity (Wildman–Crippen MR) is 460 cm³/mol. The van der Waals surface area contributed by atoms with Crippen LogP contribution in [0, 0.1) is 11.8 Å². The Bertz CT molecular complexity index is 6370. The highest BCUT2D eigenvalue weighted by atomic mass is 15.3. The van der Waals surface area contributed by atoms with Gasteiger partial charge in [-0.1, -0.05) is 291 Å². The van der Waals surface area contributed by atoms with Gasteiger partial charge >= 0.3 is 0 Å². The van der Waals surface area contributed by atoms with Gasteiger partial charge in [0, 0.05) is 90.5 Å². The minimum Gasteiger partial charge on any atom is -0.338 e. The Morgan fingerprint density at radius 2 is 0.589 bits per heavy atom. The fourth-order valence-electron chi connectivity index (χ4n) is 19.1. The summed E-state index contributed by atoms with van der Waals surface area (Å²) in [4.78, 5) is 31.0. The lowest BCUT2D eigenvalue weighted by atomic mass is 9.65. The Kier molecular flexibility index (Phi) is 16.9. The molecule has 6 unspecified atom stereocenters. The number of aromatic nitrogens is 7. The van der Waals surface area contributed by atoms with E-state index >= 15 is 0 Å². The molecule has 6 atom stereocenters. The van der Waals surface area contributed by atoms with E-state index in [1.807, 2.05) is 60.7 Å². The van der Waals surface area contributed by atoms with Crippen LogP contribution in [0.1, 0.15) is 61.5 Å². The number of para-hydroxylation sites is 4. The van der Waals surface area contributed by atoms with E-state index in [1.165, 1.54) is 98.8 Å². The molecule has 536 valence electrons. The van der Waals surface area contributed by atoms with Crippen LogP contribution in [0.15, 0.2) is 370 Å². The quantitative estimate of drug-likeness (QED) is 0.121. The first kappa shape index (κ1) is 66.6. The van der Waals surface area contributed by atoms with Crippen molar-refractivity contribution in [1.82, 2.24) is 34.1 Å². The molecule has 4 aromatic heterocycles. The molecule has 112 heavy (non-hydrogen) atoms. The zero-order valence-corrected chi connectivity index (χ0v) is 62.0.